The fourth-order valence-electron chi connectivity index (χ4n) is 3.01. The van der Waals surface area contributed by atoms with Gasteiger partial charge >= 0.3 is 0 Å². The van der Waals surface area contributed by atoms with Crippen molar-refractivity contribution < 1.29 is 4.79 Å². The normalized spacial score (nSPS) is 12.4. The van der Waals surface area contributed by atoms with Crippen LogP contribution in [0.25, 0.3) is 0 Å². The zero-order valence-electron chi connectivity index (χ0n) is 17.0. The average Bonchev–Trinajstić information content (AvgIpc) is 3.01. The maximum atomic E-state index is 12.3. The van der Waals surface area contributed by atoms with Gasteiger partial charge in [-0.3, -0.25) is 9.69 Å². The summed E-state index contributed by atoms with van der Waals surface area (Å²) < 4.78 is 2.18. The fraction of sp³-hybridized carbons (Fsp3) is 0.550. The lowest BCUT2D eigenvalue weighted by Gasteiger charge is -2.23. The van der Waals surface area contributed by atoms with Crippen LogP contribution in [0.1, 0.15) is 50.5 Å². The van der Waals surface area contributed by atoms with Crippen LogP contribution >= 0.6 is 11.8 Å². The SMILES string of the molecule is CCCCn1c(SCC(=O)Nc2cccc(C)c2)nnc1C(CC)N(C)C. The minimum absolute atomic E-state index is 0.0307. The van der Waals surface area contributed by atoms with Gasteiger partial charge in [0, 0.05) is 12.2 Å². The summed E-state index contributed by atoms with van der Waals surface area (Å²) in [5.74, 6) is 1.27. The third-order valence-corrected chi connectivity index (χ3v) is 5.39. The van der Waals surface area contributed by atoms with E-state index in [1.54, 1.807) is 0 Å². The zero-order valence-corrected chi connectivity index (χ0v) is 17.8. The first-order chi connectivity index (χ1) is 13.0. The van der Waals surface area contributed by atoms with Crippen LogP contribution in [0, 0.1) is 6.92 Å². The topological polar surface area (TPSA) is 63.1 Å². The molecule has 0 aliphatic rings. The van der Waals surface area contributed by atoms with E-state index in [0.717, 1.165) is 48.0 Å². The molecule has 1 aromatic heterocycles. The van der Waals surface area contributed by atoms with Crippen LogP contribution in [-0.2, 0) is 11.3 Å². The molecular formula is C20H31N5OS. The number of nitrogens with zero attached hydrogens (tertiary/aromatic N) is 4. The first-order valence-corrected chi connectivity index (χ1v) is 10.5. The Morgan fingerprint density at radius 3 is 2.70 bits per heavy atom. The van der Waals surface area contributed by atoms with Gasteiger partial charge in [0.1, 0.15) is 0 Å². The number of thioether (sulfide) groups is 1. The molecule has 6 nitrogen and oxygen atoms in total. The third kappa shape index (κ3) is 6.07. The van der Waals surface area contributed by atoms with Crippen LogP contribution in [0.2, 0.25) is 0 Å². The Bertz CT molecular complexity index is 744. The molecule has 0 fully saturated rings. The van der Waals surface area contributed by atoms with Gasteiger partial charge < -0.3 is 9.88 Å². The maximum absolute atomic E-state index is 12.3. The lowest BCUT2D eigenvalue weighted by atomic mass is 10.2. The Kier molecular flexibility index (Phi) is 8.31. The largest absolute Gasteiger partial charge is 0.325 e. The van der Waals surface area contributed by atoms with E-state index in [9.17, 15) is 4.79 Å². The van der Waals surface area contributed by atoms with Gasteiger partial charge in [-0.05, 0) is 51.6 Å². The first kappa shape index (κ1) is 21.4. The van der Waals surface area contributed by atoms with Gasteiger partial charge in [-0.25, -0.2) is 0 Å². The summed E-state index contributed by atoms with van der Waals surface area (Å²) in [7, 11) is 4.13. The van der Waals surface area contributed by atoms with Crippen LogP contribution in [-0.4, -0.2) is 45.4 Å². The average molecular weight is 390 g/mol. The van der Waals surface area contributed by atoms with Crippen LogP contribution in [0.4, 0.5) is 5.69 Å². The van der Waals surface area contributed by atoms with Crippen molar-refractivity contribution in [2.45, 2.75) is 57.8 Å². The van der Waals surface area contributed by atoms with Crippen molar-refractivity contribution >= 4 is 23.4 Å². The van der Waals surface area contributed by atoms with E-state index in [0.29, 0.717) is 5.75 Å². The number of carbonyl (C=O) groups excluding carboxylic acids is 1. The number of aromatic nitrogens is 3. The number of amides is 1. The van der Waals surface area contributed by atoms with Gasteiger partial charge in [0.2, 0.25) is 5.91 Å². The second-order valence-electron chi connectivity index (χ2n) is 6.94. The number of aryl methyl sites for hydroxylation is 1. The molecule has 7 heteroatoms. The van der Waals surface area contributed by atoms with Crippen LogP contribution in [0.3, 0.4) is 0 Å². The highest BCUT2D eigenvalue weighted by atomic mass is 32.2. The summed E-state index contributed by atoms with van der Waals surface area (Å²) in [5, 5.41) is 12.6. The first-order valence-electron chi connectivity index (χ1n) is 9.55. The monoisotopic (exact) mass is 389 g/mol. The van der Waals surface area contributed by atoms with E-state index in [1.807, 2.05) is 31.2 Å². The van der Waals surface area contributed by atoms with E-state index in [2.05, 4.69) is 52.9 Å². The summed E-state index contributed by atoms with van der Waals surface area (Å²) in [6.45, 7) is 7.23. The smallest absolute Gasteiger partial charge is 0.234 e. The molecule has 2 rings (SSSR count). The predicted molar refractivity (Wildman–Crippen MR) is 112 cm³/mol. The lowest BCUT2D eigenvalue weighted by molar-refractivity contribution is -0.113. The van der Waals surface area contributed by atoms with Gasteiger partial charge in [-0.15, -0.1) is 10.2 Å². The predicted octanol–water partition coefficient (Wildman–Crippen LogP) is 4.13. The second-order valence-corrected chi connectivity index (χ2v) is 7.88. The Labute approximate surface area is 166 Å². The van der Waals surface area contributed by atoms with Crippen molar-refractivity contribution in [1.29, 1.82) is 0 Å². The van der Waals surface area contributed by atoms with Gasteiger partial charge in [-0.2, -0.15) is 0 Å². The number of hydrogen-bond acceptors (Lipinski definition) is 5. The van der Waals surface area contributed by atoms with E-state index < -0.39 is 0 Å². The highest BCUT2D eigenvalue weighted by Crippen LogP contribution is 2.25. The summed E-state index contributed by atoms with van der Waals surface area (Å²) in [4.78, 5) is 14.5. The van der Waals surface area contributed by atoms with Crippen molar-refractivity contribution in [2.24, 2.45) is 0 Å². The fourth-order valence-corrected chi connectivity index (χ4v) is 3.78. The minimum atomic E-state index is -0.0307. The quantitative estimate of drug-likeness (QED) is 0.619. The highest BCUT2D eigenvalue weighted by Gasteiger charge is 2.22. The van der Waals surface area contributed by atoms with Crippen molar-refractivity contribution in [3.8, 4) is 0 Å². The summed E-state index contributed by atoms with van der Waals surface area (Å²) in [6, 6.07) is 8.05. The molecule has 1 aromatic carbocycles. The number of hydrogen-bond donors (Lipinski definition) is 1. The number of anilines is 1. The van der Waals surface area contributed by atoms with Crippen molar-refractivity contribution in [3.63, 3.8) is 0 Å². The zero-order chi connectivity index (χ0) is 19.8. The summed E-state index contributed by atoms with van der Waals surface area (Å²) in [6.07, 6.45) is 3.14. The molecule has 1 N–H and O–H groups in total. The van der Waals surface area contributed by atoms with E-state index in [1.165, 1.54) is 11.8 Å². The third-order valence-electron chi connectivity index (χ3n) is 4.42. The molecule has 1 atom stereocenters. The number of unbranched alkanes of at least 4 members (excludes halogenated alkanes) is 1. The number of benzene rings is 1. The Hall–Kier alpha value is -1.86. The van der Waals surface area contributed by atoms with E-state index in [-0.39, 0.29) is 11.9 Å². The van der Waals surface area contributed by atoms with Crippen LogP contribution < -0.4 is 5.32 Å². The standard InChI is InChI=1S/C20H31N5OS/c1-6-8-12-25-19(17(7-2)24(4)5)22-23-20(25)27-14-18(26)21-16-11-9-10-15(3)13-16/h9-11,13,17H,6-8,12,14H2,1-5H3,(H,21,26). The molecule has 0 aliphatic carbocycles. The Morgan fingerprint density at radius 1 is 1.30 bits per heavy atom. The van der Waals surface area contributed by atoms with E-state index >= 15 is 0 Å². The van der Waals surface area contributed by atoms with Crippen molar-refractivity contribution in [2.75, 3.05) is 25.2 Å². The molecule has 0 saturated carbocycles. The van der Waals surface area contributed by atoms with Crippen LogP contribution in [0.15, 0.2) is 29.4 Å². The molecule has 0 radical (unpaired) electrons. The second kappa shape index (κ2) is 10.5. The Morgan fingerprint density at radius 2 is 2.07 bits per heavy atom. The van der Waals surface area contributed by atoms with E-state index in [4.69, 9.17) is 0 Å². The van der Waals surface area contributed by atoms with Crippen molar-refractivity contribution in [3.05, 3.63) is 35.7 Å². The molecule has 27 heavy (non-hydrogen) atoms. The van der Waals surface area contributed by atoms with Gasteiger partial charge in [-0.1, -0.05) is 44.2 Å². The molecular weight excluding hydrogens is 358 g/mol. The lowest BCUT2D eigenvalue weighted by Crippen LogP contribution is -2.23. The number of nitrogens with one attached hydrogen (secondary N) is 1. The molecule has 0 spiro atoms. The summed E-state index contributed by atoms with van der Waals surface area (Å²) in [5.41, 5.74) is 1.95. The molecule has 0 aliphatic heterocycles. The van der Waals surface area contributed by atoms with Gasteiger partial charge in [0.15, 0.2) is 11.0 Å². The molecule has 0 bridgehead atoms. The Balaban J connectivity index is 2.08. The maximum Gasteiger partial charge on any atom is 0.234 e. The van der Waals surface area contributed by atoms with Gasteiger partial charge in [0.05, 0.1) is 11.8 Å². The van der Waals surface area contributed by atoms with Crippen molar-refractivity contribution in [1.82, 2.24) is 19.7 Å². The highest BCUT2D eigenvalue weighted by molar-refractivity contribution is 7.99. The molecule has 1 unspecified atom stereocenters. The molecule has 1 heterocycles. The minimum Gasteiger partial charge on any atom is -0.325 e. The van der Waals surface area contributed by atoms with Crippen LogP contribution in [0.5, 0.6) is 0 Å². The van der Waals surface area contributed by atoms with Gasteiger partial charge in [0.25, 0.3) is 0 Å². The molecule has 0 saturated heterocycles. The summed E-state index contributed by atoms with van der Waals surface area (Å²) >= 11 is 1.45. The molecule has 2 aromatic rings. The number of rotatable bonds is 10. The number of carbonyl (C=O) groups is 1. The molecule has 148 valence electrons. The molecule has 1 amide bonds.